The van der Waals surface area contributed by atoms with Gasteiger partial charge >= 0.3 is 0 Å². The highest BCUT2D eigenvalue weighted by Gasteiger charge is 2.22. The van der Waals surface area contributed by atoms with Crippen molar-refractivity contribution in [2.45, 2.75) is 20.3 Å². The molecule has 0 rings (SSSR count). The van der Waals surface area contributed by atoms with Gasteiger partial charge in [0.25, 0.3) is 0 Å². The number of hydrogen-bond donors (Lipinski definition) is 3. The van der Waals surface area contributed by atoms with E-state index in [0.717, 1.165) is 25.3 Å². The van der Waals surface area contributed by atoms with E-state index in [1.165, 1.54) is 0 Å². The minimum Gasteiger partial charge on any atom is -0.409 e. The Morgan fingerprint density at radius 1 is 1.50 bits per heavy atom. The van der Waals surface area contributed by atoms with Gasteiger partial charge in [0.15, 0.2) is 0 Å². The number of rotatable bonds is 7. The van der Waals surface area contributed by atoms with Crippen LogP contribution in [0.4, 0.5) is 0 Å². The average Bonchev–Trinajstić information content (AvgIpc) is 2.16. The molecule has 4 nitrogen and oxygen atoms in total. The molecule has 0 saturated heterocycles. The van der Waals surface area contributed by atoms with Gasteiger partial charge in [-0.15, -0.1) is 0 Å². The molecule has 0 bridgehead atoms. The average molecular weight is 219 g/mol. The fourth-order valence-corrected chi connectivity index (χ4v) is 1.31. The van der Waals surface area contributed by atoms with E-state index < -0.39 is 0 Å². The number of amidine groups is 1. The Hall–Kier alpha value is -0.420. The van der Waals surface area contributed by atoms with Crippen molar-refractivity contribution < 1.29 is 5.21 Å². The highest BCUT2D eigenvalue weighted by molar-refractivity contribution is 7.98. The molecule has 0 fully saturated rings. The zero-order valence-corrected chi connectivity index (χ0v) is 10.0. The third-order valence-corrected chi connectivity index (χ3v) is 2.82. The lowest BCUT2D eigenvalue weighted by molar-refractivity contribution is 0.305. The molecule has 84 valence electrons. The van der Waals surface area contributed by atoms with Gasteiger partial charge in [-0.2, -0.15) is 11.8 Å². The molecule has 0 amide bonds. The molecule has 0 aliphatic heterocycles. The zero-order chi connectivity index (χ0) is 11.0. The summed E-state index contributed by atoms with van der Waals surface area (Å²) in [6.45, 7) is 5.84. The van der Waals surface area contributed by atoms with Crippen molar-refractivity contribution in [1.29, 1.82) is 0 Å². The summed E-state index contributed by atoms with van der Waals surface area (Å²) in [5.74, 6) is 1.41. The van der Waals surface area contributed by atoms with E-state index in [0.29, 0.717) is 5.84 Å². The summed E-state index contributed by atoms with van der Waals surface area (Å²) in [5, 5.41) is 14.9. The Bertz CT molecular complexity index is 183. The molecule has 0 aromatic carbocycles. The van der Waals surface area contributed by atoms with Crippen LogP contribution in [0.15, 0.2) is 5.16 Å². The third-order valence-electron chi connectivity index (χ3n) is 2.21. The molecule has 0 aromatic rings. The maximum atomic E-state index is 8.55. The van der Waals surface area contributed by atoms with E-state index in [1.807, 2.05) is 25.6 Å². The predicted octanol–water partition coefficient (Wildman–Crippen LogP) is 1.10. The molecule has 0 saturated carbocycles. The molecule has 0 heterocycles. The molecule has 0 spiro atoms. The molecular formula is C9H21N3OS. The lowest BCUT2D eigenvalue weighted by atomic mass is 9.88. The maximum Gasteiger partial charge on any atom is 0.144 e. The van der Waals surface area contributed by atoms with Crippen LogP contribution in [0.1, 0.15) is 20.3 Å². The van der Waals surface area contributed by atoms with E-state index in [-0.39, 0.29) is 5.41 Å². The second-order valence-electron chi connectivity index (χ2n) is 3.86. The minimum absolute atomic E-state index is 0.235. The highest BCUT2D eigenvalue weighted by atomic mass is 32.2. The van der Waals surface area contributed by atoms with Crippen LogP contribution in [0.25, 0.3) is 0 Å². The van der Waals surface area contributed by atoms with Gasteiger partial charge in [-0.05, 0) is 19.2 Å². The van der Waals surface area contributed by atoms with E-state index in [1.54, 1.807) is 0 Å². The smallest absolute Gasteiger partial charge is 0.144 e. The van der Waals surface area contributed by atoms with Crippen LogP contribution < -0.4 is 11.1 Å². The lowest BCUT2D eigenvalue weighted by Crippen LogP contribution is -2.35. The van der Waals surface area contributed by atoms with Crippen molar-refractivity contribution in [3.05, 3.63) is 0 Å². The van der Waals surface area contributed by atoms with E-state index in [4.69, 9.17) is 10.9 Å². The summed E-state index contributed by atoms with van der Waals surface area (Å²) in [5.41, 5.74) is 5.32. The number of hydrogen-bond acceptors (Lipinski definition) is 4. The predicted molar refractivity (Wildman–Crippen MR) is 63.1 cm³/mol. The lowest BCUT2D eigenvalue weighted by Gasteiger charge is -2.22. The van der Waals surface area contributed by atoms with Crippen LogP contribution in [0.3, 0.4) is 0 Å². The first-order valence-corrected chi connectivity index (χ1v) is 6.11. The van der Waals surface area contributed by atoms with Gasteiger partial charge in [-0.1, -0.05) is 19.0 Å². The molecule has 0 aliphatic carbocycles. The normalized spacial score (nSPS) is 13.2. The zero-order valence-electron chi connectivity index (χ0n) is 9.21. The van der Waals surface area contributed by atoms with Crippen LogP contribution in [0.2, 0.25) is 0 Å². The Morgan fingerprint density at radius 3 is 2.64 bits per heavy atom. The molecule has 0 radical (unpaired) electrons. The van der Waals surface area contributed by atoms with Gasteiger partial charge in [0.05, 0.1) is 0 Å². The van der Waals surface area contributed by atoms with Crippen molar-refractivity contribution in [2.75, 3.05) is 25.1 Å². The van der Waals surface area contributed by atoms with Crippen molar-refractivity contribution in [2.24, 2.45) is 16.3 Å². The van der Waals surface area contributed by atoms with E-state index in [2.05, 4.69) is 16.7 Å². The molecular weight excluding hydrogens is 198 g/mol. The summed E-state index contributed by atoms with van der Waals surface area (Å²) < 4.78 is 0. The number of thioether (sulfide) groups is 1. The van der Waals surface area contributed by atoms with Gasteiger partial charge in [0.1, 0.15) is 5.84 Å². The molecule has 14 heavy (non-hydrogen) atoms. The molecule has 4 N–H and O–H groups in total. The van der Waals surface area contributed by atoms with Crippen LogP contribution in [0, 0.1) is 5.41 Å². The molecule has 0 aliphatic rings. The van der Waals surface area contributed by atoms with Crippen molar-refractivity contribution in [3.63, 3.8) is 0 Å². The standard InChI is InChI=1S/C9H21N3OS/c1-9(2,8(10)12-13)4-5-11-6-7-14-3/h11,13H,4-7H2,1-3H3,(H2,10,12). The Labute approximate surface area is 90.3 Å². The molecule has 0 atom stereocenters. The second-order valence-corrected chi connectivity index (χ2v) is 4.85. The maximum absolute atomic E-state index is 8.55. The van der Waals surface area contributed by atoms with Crippen LogP contribution in [-0.2, 0) is 0 Å². The van der Waals surface area contributed by atoms with Gasteiger partial charge in [0, 0.05) is 17.7 Å². The first kappa shape index (κ1) is 13.6. The van der Waals surface area contributed by atoms with E-state index >= 15 is 0 Å². The largest absolute Gasteiger partial charge is 0.409 e. The Balaban J connectivity index is 3.66. The summed E-state index contributed by atoms with van der Waals surface area (Å²) in [7, 11) is 0. The van der Waals surface area contributed by atoms with Crippen LogP contribution in [0.5, 0.6) is 0 Å². The fourth-order valence-electron chi connectivity index (χ4n) is 0.964. The minimum atomic E-state index is -0.235. The van der Waals surface area contributed by atoms with Crippen LogP contribution >= 0.6 is 11.8 Å². The third kappa shape index (κ3) is 5.34. The first-order chi connectivity index (χ1) is 6.54. The van der Waals surface area contributed by atoms with Gasteiger partial charge in [-0.25, -0.2) is 0 Å². The van der Waals surface area contributed by atoms with Crippen molar-refractivity contribution >= 4 is 17.6 Å². The molecule has 0 unspecified atom stereocenters. The summed E-state index contributed by atoms with van der Waals surface area (Å²) in [6, 6.07) is 0. The quantitative estimate of drug-likeness (QED) is 0.197. The van der Waals surface area contributed by atoms with E-state index in [9.17, 15) is 0 Å². The summed E-state index contributed by atoms with van der Waals surface area (Å²) >= 11 is 1.82. The second kappa shape index (κ2) is 6.95. The highest BCUT2D eigenvalue weighted by Crippen LogP contribution is 2.19. The fraction of sp³-hybridized carbons (Fsp3) is 0.889. The summed E-state index contributed by atoms with van der Waals surface area (Å²) in [6.07, 6.45) is 2.96. The monoisotopic (exact) mass is 219 g/mol. The van der Waals surface area contributed by atoms with Gasteiger partial charge in [0.2, 0.25) is 0 Å². The van der Waals surface area contributed by atoms with Crippen molar-refractivity contribution in [3.8, 4) is 0 Å². The topological polar surface area (TPSA) is 70.6 Å². The van der Waals surface area contributed by atoms with Crippen molar-refractivity contribution in [1.82, 2.24) is 5.32 Å². The Kier molecular flexibility index (Phi) is 6.74. The molecule has 0 aromatic heterocycles. The number of nitrogens with one attached hydrogen (secondary N) is 1. The number of oxime groups is 1. The van der Waals surface area contributed by atoms with Gasteiger partial charge in [-0.3, -0.25) is 0 Å². The van der Waals surface area contributed by atoms with Gasteiger partial charge < -0.3 is 16.3 Å². The Morgan fingerprint density at radius 2 is 2.14 bits per heavy atom. The number of nitrogens with zero attached hydrogens (tertiary/aromatic N) is 1. The first-order valence-electron chi connectivity index (χ1n) is 4.72. The summed E-state index contributed by atoms with van der Waals surface area (Å²) in [4.78, 5) is 0. The SMILES string of the molecule is CSCCNCCC(C)(C)C(N)=NO. The molecule has 5 heteroatoms. The number of nitrogens with two attached hydrogens (primary N) is 1. The van der Waals surface area contributed by atoms with Crippen LogP contribution in [-0.4, -0.2) is 36.1 Å².